The van der Waals surface area contributed by atoms with Crippen molar-refractivity contribution in [3.05, 3.63) is 84.2 Å². The molecule has 9 heteroatoms. The number of benzene rings is 2. The van der Waals surface area contributed by atoms with Crippen LogP contribution >= 0.6 is 0 Å². The molecule has 1 fully saturated rings. The minimum absolute atomic E-state index is 0.0452. The number of nitrogens with zero attached hydrogens (tertiary/aromatic N) is 3. The zero-order valence-electron chi connectivity index (χ0n) is 17.7. The molecule has 0 aliphatic carbocycles. The molecule has 1 aromatic heterocycles. The number of amides is 1. The summed E-state index contributed by atoms with van der Waals surface area (Å²) in [6.07, 6.45) is -1.42. The van der Waals surface area contributed by atoms with Crippen LogP contribution in [0.1, 0.15) is 15.9 Å². The molecule has 4 rings (SSSR count). The molecule has 1 amide bonds. The second-order valence-electron chi connectivity index (χ2n) is 7.58. The van der Waals surface area contributed by atoms with E-state index in [0.29, 0.717) is 49.8 Å². The lowest BCUT2D eigenvalue weighted by Crippen LogP contribution is -2.48. The summed E-state index contributed by atoms with van der Waals surface area (Å²) in [4.78, 5) is 20.8. The number of ether oxygens (including phenoxy) is 2. The molecule has 3 aromatic rings. The van der Waals surface area contributed by atoms with E-state index in [0.717, 1.165) is 5.56 Å². The molecule has 2 heterocycles. The van der Waals surface area contributed by atoms with Crippen molar-refractivity contribution in [3.8, 4) is 17.2 Å². The summed E-state index contributed by atoms with van der Waals surface area (Å²) in [5, 5.41) is 0. The molecule has 0 N–H and O–H groups in total. The van der Waals surface area contributed by atoms with Gasteiger partial charge in [0.1, 0.15) is 17.2 Å². The number of carbonyl (C=O) groups is 1. The predicted molar refractivity (Wildman–Crippen MR) is 115 cm³/mol. The van der Waals surface area contributed by atoms with Gasteiger partial charge in [0.25, 0.3) is 5.91 Å². The van der Waals surface area contributed by atoms with E-state index in [4.69, 9.17) is 4.74 Å². The molecular formula is C24H22F3N3O3. The first kappa shape index (κ1) is 22.6. The van der Waals surface area contributed by atoms with E-state index in [1.807, 2.05) is 0 Å². The number of carbonyl (C=O) groups excluding carboxylic acids is 1. The van der Waals surface area contributed by atoms with E-state index in [1.54, 1.807) is 65.8 Å². The smallest absolute Gasteiger partial charge is 0.456 e. The van der Waals surface area contributed by atoms with E-state index >= 15 is 0 Å². The topological polar surface area (TPSA) is 54.9 Å². The summed E-state index contributed by atoms with van der Waals surface area (Å²) in [5.74, 6) is 0.959. The maximum atomic E-state index is 12.8. The van der Waals surface area contributed by atoms with Crippen LogP contribution in [0, 0.1) is 0 Å². The van der Waals surface area contributed by atoms with Crippen molar-refractivity contribution in [2.75, 3.05) is 26.2 Å². The average molecular weight is 457 g/mol. The van der Waals surface area contributed by atoms with Gasteiger partial charge in [0.15, 0.2) is 0 Å². The van der Waals surface area contributed by atoms with Gasteiger partial charge in [0.05, 0.1) is 6.20 Å². The summed E-state index contributed by atoms with van der Waals surface area (Å²) >= 11 is 0. The van der Waals surface area contributed by atoms with Gasteiger partial charge < -0.3 is 14.4 Å². The Morgan fingerprint density at radius 3 is 2.15 bits per heavy atom. The second-order valence-corrected chi connectivity index (χ2v) is 7.58. The Bertz CT molecular complexity index is 1050. The highest BCUT2D eigenvalue weighted by molar-refractivity contribution is 5.94. The number of pyridine rings is 1. The quantitative estimate of drug-likeness (QED) is 0.536. The maximum absolute atomic E-state index is 12.8. The van der Waals surface area contributed by atoms with Crippen LogP contribution in [0.25, 0.3) is 0 Å². The lowest BCUT2D eigenvalue weighted by Gasteiger charge is -2.34. The fourth-order valence-corrected chi connectivity index (χ4v) is 3.56. The van der Waals surface area contributed by atoms with Crippen LogP contribution in [0.3, 0.4) is 0 Å². The molecular weight excluding hydrogens is 435 g/mol. The number of rotatable bonds is 6. The van der Waals surface area contributed by atoms with Crippen LogP contribution in [-0.2, 0) is 6.54 Å². The van der Waals surface area contributed by atoms with Gasteiger partial charge in [-0.1, -0.05) is 12.1 Å². The summed E-state index contributed by atoms with van der Waals surface area (Å²) in [6, 6.07) is 16.4. The molecule has 1 aliphatic rings. The van der Waals surface area contributed by atoms with Crippen LogP contribution in [0.15, 0.2) is 73.1 Å². The zero-order chi connectivity index (χ0) is 23.3. The molecule has 0 atom stereocenters. The van der Waals surface area contributed by atoms with Crippen molar-refractivity contribution in [3.63, 3.8) is 0 Å². The maximum Gasteiger partial charge on any atom is 0.573 e. The Labute approximate surface area is 189 Å². The highest BCUT2D eigenvalue weighted by Gasteiger charge is 2.31. The number of hydrogen-bond donors (Lipinski definition) is 0. The Kier molecular flexibility index (Phi) is 6.79. The van der Waals surface area contributed by atoms with Crippen LogP contribution in [-0.4, -0.2) is 53.2 Å². The molecule has 0 saturated carbocycles. The third-order valence-electron chi connectivity index (χ3n) is 5.19. The summed E-state index contributed by atoms with van der Waals surface area (Å²) in [5.41, 5.74) is 1.47. The zero-order valence-corrected chi connectivity index (χ0v) is 17.7. The molecule has 172 valence electrons. The number of alkyl halides is 3. The Morgan fingerprint density at radius 2 is 1.55 bits per heavy atom. The van der Waals surface area contributed by atoms with Gasteiger partial charge >= 0.3 is 6.36 Å². The Balaban J connectivity index is 1.26. The second kappa shape index (κ2) is 9.91. The van der Waals surface area contributed by atoms with Gasteiger partial charge in [-0.15, -0.1) is 13.2 Å². The van der Waals surface area contributed by atoms with Crippen LogP contribution < -0.4 is 9.47 Å². The first-order valence-electron chi connectivity index (χ1n) is 10.4. The molecule has 0 bridgehead atoms. The highest BCUT2D eigenvalue weighted by atomic mass is 19.4. The standard InChI is InChI=1S/C24H22F3N3O3/c25-24(26,27)33-21-7-3-18(4-8-21)17-29-12-14-30(15-13-29)23(31)19-5-9-20(10-6-19)32-22-2-1-11-28-16-22/h1-11,16H,12-15,17H2. The summed E-state index contributed by atoms with van der Waals surface area (Å²) in [6.45, 7) is 3.09. The third kappa shape index (κ3) is 6.45. The van der Waals surface area contributed by atoms with Crippen molar-refractivity contribution >= 4 is 5.91 Å². The molecule has 2 aromatic carbocycles. The minimum Gasteiger partial charge on any atom is -0.456 e. The largest absolute Gasteiger partial charge is 0.573 e. The van der Waals surface area contributed by atoms with E-state index in [2.05, 4.69) is 14.6 Å². The van der Waals surface area contributed by atoms with Crippen molar-refractivity contribution in [2.24, 2.45) is 0 Å². The molecule has 33 heavy (non-hydrogen) atoms. The molecule has 0 radical (unpaired) electrons. The SMILES string of the molecule is O=C(c1ccc(Oc2cccnc2)cc1)N1CCN(Cc2ccc(OC(F)(F)F)cc2)CC1. The van der Waals surface area contributed by atoms with E-state index in [9.17, 15) is 18.0 Å². The van der Waals surface area contributed by atoms with Crippen molar-refractivity contribution in [2.45, 2.75) is 12.9 Å². The Morgan fingerprint density at radius 1 is 0.879 bits per heavy atom. The van der Waals surface area contributed by atoms with Gasteiger partial charge in [-0.05, 0) is 54.1 Å². The van der Waals surface area contributed by atoms with E-state index in [-0.39, 0.29) is 11.7 Å². The fraction of sp³-hybridized carbons (Fsp3) is 0.250. The number of aromatic nitrogens is 1. The molecule has 6 nitrogen and oxygen atoms in total. The van der Waals surface area contributed by atoms with Crippen molar-refractivity contribution in [1.82, 2.24) is 14.8 Å². The third-order valence-corrected chi connectivity index (χ3v) is 5.19. The average Bonchev–Trinajstić information content (AvgIpc) is 2.81. The molecule has 1 saturated heterocycles. The van der Waals surface area contributed by atoms with Gasteiger partial charge in [-0.25, -0.2) is 0 Å². The van der Waals surface area contributed by atoms with E-state index in [1.165, 1.54) is 12.1 Å². The molecule has 1 aliphatic heterocycles. The fourth-order valence-electron chi connectivity index (χ4n) is 3.56. The number of halogens is 3. The van der Waals surface area contributed by atoms with Gasteiger partial charge in [0, 0.05) is 44.5 Å². The number of hydrogen-bond acceptors (Lipinski definition) is 5. The summed E-state index contributed by atoms with van der Waals surface area (Å²) < 4.78 is 46.4. The lowest BCUT2D eigenvalue weighted by molar-refractivity contribution is -0.274. The first-order valence-corrected chi connectivity index (χ1v) is 10.4. The van der Waals surface area contributed by atoms with Gasteiger partial charge in [-0.3, -0.25) is 14.7 Å². The normalized spacial score (nSPS) is 14.7. The minimum atomic E-state index is -4.70. The van der Waals surface area contributed by atoms with Crippen molar-refractivity contribution in [1.29, 1.82) is 0 Å². The summed E-state index contributed by atoms with van der Waals surface area (Å²) in [7, 11) is 0. The van der Waals surface area contributed by atoms with E-state index < -0.39 is 6.36 Å². The highest BCUT2D eigenvalue weighted by Crippen LogP contribution is 2.24. The first-order chi connectivity index (χ1) is 15.9. The van der Waals surface area contributed by atoms with Crippen LogP contribution in [0.5, 0.6) is 17.2 Å². The predicted octanol–water partition coefficient (Wildman–Crippen LogP) is 4.73. The molecule has 0 unspecified atom stereocenters. The van der Waals surface area contributed by atoms with Gasteiger partial charge in [-0.2, -0.15) is 0 Å². The van der Waals surface area contributed by atoms with Crippen LogP contribution in [0.2, 0.25) is 0 Å². The lowest BCUT2D eigenvalue weighted by atomic mass is 10.1. The van der Waals surface area contributed by atoms with Crippen molar-refractivity contribution < 1.29 is 27.4 Å². The Hall–Kier alpha value is -3.59. The molecule has 0 spiro atoms. The number of piperazine rings is 1. The van der Waals surface area contributed by atoms with Crippen LogP contribution in [0.4, 0.5) is 13.2 Å². The monoisotopic (exact) mass is 457 g/mol. The van der Waals surface area contributed by atoms with Gasteiger partial charge in [0.2, 0.25) is 0 Å².